The van der Waals surface area contributed by atoms with Gasteiger partial charge in [0, 0.05) is 5.33 Å². The van der Waals surface area contributed by atoms with Crippen molar-refractivity contribution >= 4 is 32.9 Å². The van der Waals surface area contributed by atoms with Gasteiger partial charge in [-0.3, -0.25) is 9.78 Å². The molecule has 0 aromatic carbocycles. The summed E-state index contributed by atoms with van der Waals surface area (Å²) in [4.78, 5) is 22.1. The third kappa shape index (κ3) is 2.66. The van der Waals surface area contributed by atoms with E-state index >= 15 is 0 Å². The number of halogens is 1. The number of hydrogen-bond acceptors (Lipinski definition) is 7. The zero-order valence-corrected chi connectivity index (χ0v) is 11.8. The minimum atomic E-state index is -1.40. The van der Waals surface area contributed by atoms with Crippen molar-refractivity contribution < 1.29 is 15.3 Å². The molecule has 2 aromatic heterocycles. The highest BCUT2D eigenvalue weighted by Gasteiger charge is 2.21. The fourth-order valence-corrected chi connectivity index (χ4v) is 2.20. The molecular formula is C11H13BrN4O4. The number of nitrogens with one attached hydrogen (secondary N) is 1. The zero-order chi connectivity index (χ0) is 14.9. The highest BCUT2D eigenvalue weighted by molar-refractivity contribution is 9.08. The molecule has 0 aliphatic rings. The summed E-state index contributed by atoms with van der Waals surface area (Å²) in [6.45, 7) is -0.624. The number of fused-ring (bicyclic) bond motifs is 1. The largest absolute Gasteiger partial charge is 0.394 e. The minimum absolute atomic E-state index is 0.00957. The van der Waals surface area contributed by atoms with Gasteiger partial charge in [0.05, 0.1) is 12.3 Å². The highest BCUT2D eigenvalue weighted by atomic mass is 79.9. The Balaban J connectivity index is 2.69. The van der Waals surface area contributed by atoms with Crippen molar-refractivity contribution in [3.63, 3.8) is 0 Å². The monoisotopic (exact) mass is 344 g/mol. The summed E-state index contributed by atoms with van der Waals surface area (Å²) in [7, 11) is 0. The van der Waals surface area contributed by atoms with Gasteiger partial charge < -0.3 is 21.1 Å². The smallest absolute Gasteiger partial charge is 0.278 e. The molecule has 2 unspecified atom stereocenters. The molecule has 9 heteroatoms. The first-order valence-corrected chi connectivity index (χ1v) is 6.82. The third-order valence-corrected chi connectivity index (χ3v) is 3.38. The Morgan fingerprint density at radius 3 is 2.65 bits per heavy atom. The number of anilines is 1. The van der Waals surface area contributed by atoms with Crippen LogP contribution in [0.15, 0.2) is 10.9 Å². The maximum atomic E-state index is 11.8. The van der Waals surface area contributed by atoms with Gasteiger partial charge in [-0.25, -0.2) is 9.97 Å². The molecule has 0 aliphatic carbocycles. The molecule has 0 saturated carbocycles. The number of aromatic amines is 1. The van der Waals surface area contributed by atoms with Crippen LogP contribution in [0, 0.1) is 0 Å². The average molecular weight is 345 g/mol. The van der Waals surface area contributed by atoms with E-state index < -0.39 is 24.4 Å². The first-order chi connectivity index (χ1) is 9.47. The normalized spacial score (nSPS) is 14.4. The van der Waals surface area contributed by atoms with Crippen LogP contribution in [0.5, 0.6) is 0 Å². The van der Waals surface area contributed by atoms with Crippen LogP contribution in [0.3, 0.4) is 0 Å². The topological polar surface area (TPSA) is 145 Å². The van der Waals surface area contributed by atoms with E-state index in [4.69, 9.17) is 10.8 Å². The van der Waals surface area contributed by atoms with E-state index in [2.05, 4.69) is 30.9 Å². The Bertz CT molecular complexity index is 690. The van der Waals surface area contributed by atoms with Gasteiger partial charge in [-0.05, 0) is 11.6 Å². The molecule has 0 fully saturated rings. The van der Waals surface area contributed by atoms with E-state index in [1.165, 1.54) is 6.07 Å². The molecular weight excluding hydrogens is 332 g/mol. The Kier molecular flexibility index (Phi) is 4.33. The minimum Gasteiger partial charge on any atom is -0.394 e. The average Bonchev–Trinajstić information content (AvgIpc) is 2.44. The Hall–Kier alpha value is -1.55. The summed E-state index contributed by atoms with van der Waals surface area (Å²) in [6, 6.07) is 1.49. The SMILES string of the molecule is Nc1nc2c(CBr)cc(C(O)C(O)CO)nc2c(=O)[nH]1. The van der Waals surface area contributed by atoms with Crippen LogP contribution in [0.25, 0.3) is 11.0 Å². The molecule has 2 atom stereocenters. The predicted octanol–water partition coefficient (Wildman–Crippen LogP) is -0.818. The molecule has 2 rings (SSSR count). The van der Waals surface area contributed by atoms with Crippen LogP contribution in [0.4, 0.5) is 5.95 Å². The van der Waals surface area contributed by atoms with E-state index in [1.807, 2.05) is 0 Å². The molecule has 6 N–H and O–H groups in total. The van der Waals surface area contributed by atoms with Crippen LogP contribution >= 0.6 is 15.9 Å². The first-order valence-electron chi connectivity index (χ1n) is 5.70. The molecule has 0 aliphatic heterocycles. The standard InChI is InChI=1S/C11H13BrN4O4/c12-2-4-1-5(9(19)6(18)3-17)14-8-7(4)15-11(13)16-10(8)20/h1,6,9,17-19H,2-3H2,(H3,13,15,16,20). The van der Waals surface area contributed by atoms with E-state index in [0.29, 0.717) is 16.4 Å². The number of aliphatic hydroxyl groups is 3. The van der Waals surface area contributed by atoms with Crippen LogP contribution < -0.4 is 11.3 Å². The molecule has 0 bridgehead atoms. The van der Waals surface area contributed by atoms with Crippen molar-refractivity contribution in [2.24, 2.45) is 0 Å². The lowest BCUT2D eigenvalue weighted by Crippen LogP contribution is -2.24. The van der Waals surface area contributed by atoms with E-state index in [0.717, 1.165) is 0 Å². The summed E-state index contributed by atoms with van der Waals surface area (Å²) in [5.74, 6) is -0.0322. The summed E-state index contributed by atoms with van der Waals surface area (Å²) in [5.41, 5.74) is 5.94. The molecule has 0 saturated heterocycles. The number of rotatable bonds is 4. The molecule has 108 valence electrons. The number of pyridine rings is 1. The number of alkyl halides is 1. The van der Waals surface area contributed by atoms with E-state index in [1.54, 1.807) is 0 Å². The fraction of sp³-hybridized carbons (Fsp3) is 0.364. The van der Waals surface area contributed by atoms with Crippen molar-refractivity contribution in [3.8, 4) is 0 Å². The lowest BCUT2D eigenvalue weighted by molar-refractivity contribution is -0.0171. The van der Waals surface area contributed by atoms with Crippen molar-refractivity contribution in [2.45, 2.75) is 17.5 Å². The third-order valence-electron chi connectivity index (χ3n) is 2.78. The Morgan fingerprint density at radius 1 is 1.35 bits per heavy atom. The second-order valence-electron chi connectivity index (χ2n) is 4.18. The van der Waals surface area contributed by atoms with Gasteiger partial charge in [-0.1, -0.05) is 15.9 Å². The molecule has 2 heterocycles. The maximum Gasteiger partial charge on any atom is 0.278 e. The maximum absolute atomic E-state index is 11.8. The number of nitrogen functional groups attached to an aromatic ring is 1. The number of H-pyrrole nitrogens is 1. The molecule has 0 radical (unpaired) electrons. The Labute approximate surface area is 121 Å². The number of aliphatic hydroxyl groups excluding tert-OH is 3. The van der Waals surface area contributed by atoms with Gasteiger partial charge in [0.15, 0.2) is 5.52 Å². The predicted molar refractivity (Wildman–Crippen MR) is 75.3 cm³/mol. The quantitative estimate of drug-likeness (QED) is 0.455. The Morgan fingerprint density at radius 2 is 2.05 bits per heavy atom. The van der Waals surface area contributed by atoms with Crippen molar-refractivity contribution in [1.29, 1.82) is 0 Å². The van der Waals surface area contributed by atoms with Crippen molar-refractivity contribution in [3.05, 3.63) is 27.7 Å². The van der Waals surface area contributed by atoms with Gasteiger partial charge in [-0.2, -0.15) is 0 Å². The lowest BCUT2D eigenvalue weighted by Gasteiger charge is -2.16. The van der Waals surface area contributed by atoms with Gasteiger partial charge in [0.25, 0.3) is 5.56 Å². The van der Waals surface area contributed by atoms with Crippen LogP contribution in [0.2, 0.25) is 0 Å². The number of nitrogens with two attached hydrogens (primary N) is 1. The summed E-state index contributed by atoms with van der Waals surface area (Å²) >= 11 is 3.25. The summed E-state index contributed by atoms with van der Waals surface area (Å²) < 4.78 is 0. The first kappa shape index (κ1) is 14.9. The molecule has 0 amide bonds. The molecule has 20 heavy (non-hydrogen) atoms. The van der Waals surface area contributed by atoms with Gasteiger partial charge in [0.1, 0.15) is 17.7 Å². The van der Waals surface area contributed by atoms with Crippen molar-refractivity contribution in [1.82, 2.24) is 15.0 Å². The molecule has 8 nitrogen and oxygen atoms in total. The highest BCUT2D eigenvalue weighted by Crippen LogP contribution is 2.22. The fourth-order valence-electron chi connectivity index (χ4n) is 1.77. The summed E-state index contributed by atoms with van der Waals surface area (Å²) in [6.07, 6.45) is -2.79. The van der Waals surface area contributed by atoms with E-state index in [9.17, 15) is 15.0 Å². The van der Waals surface area contributed by atoms with Crippen LogP contribution in [-0.4, -0.2) is 43.0 Å². The van der Waals surface area contributed by atoms with Crippen LogP contribution in [-0.2, 0) is 5.33 Å². The van der Waals surface area contributed by atoms with Gasteiger partial charge >= 0.3 is 0 Å². The second kappa shape index (κ2) is 5.83. The second-order valence-corrected chi connectivity index (χ2v) is 4.74. The zero-order valence-electron chi connectivity index (χ0n) is 10.2. The van der Waals surface area contributed by atoms with Gasteiger partial charge in [0.2, 0.25) is 5.95 Å². The number of nitrogens with zero attached hydrogens (tertiary/aromatic N) is 2. The lowest BCUT2D eigenvalue weighted by atomic mass is 10.1. The van der Waals surface area contributed by atoms with E-state index in [-0.39, 0.29) is 17.2 Å². The van der Waals surface area contributed by atoms with Crippen LogP contribution in [0.1, 0.15) is 17.4 Å². The number of aromatic nitrogens is 3. The summed E-state index contributed by atoms with van der Waals surface area (Å²) in [5, 5.41) is 28.5. The molecule has 0 spiro atoms. The van der Waals surface area contributed by atoms with Crippen molar-refractivity contribution in [2.75, 3.05) is 12.3 Å². The number of hydrogen-bond donors (Lipinski definition) is 5. The molecule has 2 aromatic rings. The van der Waals surface area contributed by atoms with Gasteiger partial charge in [-0.15, -0.1) is 0 Å².